The summed E-state index contributed by atoms with van der Waals surface area (Å²) in [5.41, 5.74) is 14.4. The first kappa shape index (κ1) is 22.0. The molecule has 41 heavy (non-hydrogen) atoms. The summed E-state index contributed by atoms with van der Waals surface area (Å²) in [4.78, 5) is 0. The molecule has 4 nitrogen and oxygen atoms in total. The molecule has 0 atom stereocenters. The third-order valence-corrected chi connectivity index (χ3v) is 9.62. The summed E-state index contributed by atoms with van der Waals surface area (Å²) in [6, 6.07) is 31.3. The van der Waals surface area contributed by atoms with Gasteiger partial charge in [-0.2, -0.15) is 5.10 Å². The number of benzene rings is 5. The van der Waals surface area contributed by atoms with Crippen molar-refractivity contribution in [2.75, 3.05) is 0 Å². The minimum absolute atomic E-state index is 0.0215. The molecule has 8 aromatic rings. The van der Waals surface area contributed by atoms with Crippen LogP contribution in [0, 0.1) is 6.92 Å². The van der Waals surface area contributed by atoms with E-state index in [-0.39, 0.29) is 12.1 Å². The van der Waals surface area contributed by atoms with Gasteiger partial charge in [0, 0.05) is 38.1 Å². The third kappa shape index (κ3) is 2.48. The molecule has 3 aromatic heterocycles. The van der Waals surface area contributed by atoms with Gasteiger partial charge in [0.2, 0.25) is 0 Å². The molecule has 0 amide bonds. The van der Waals surface area contributed by atoms with E-state index in [1.165, 1.54) is 76.8 Å². The van der Waals surface area contributed by atoms with Crippen molar-refractivity contribution in [3.63, 3.8) is 0 Å². The summed E-state index contributed by atoms with van der Waals surface area (Å²) >= 11 is 0. The van der Waals surface area contributed by atoms with Crippen molar-refractivity contribution >= 4 is 77.7 Å². The van der Waals surface area contributed by atoms with Crippen LogP contribution in [0.15, 0.2) is 89.3 Å². The fourth-order valence-electron chi connectivity index (χ4n) is 7.82. The number of furan rings is 1. The van der Waals surface area contributed by atoms with Crippen LogP contribution in [-0.4, -0.2) is 21.1 Å². The SMILES string of the molecule is Cc1nn2c3c(c4c(cc13)oc1ccccc14)B1c3c-2cc(C(C)(C)C)cc3-n2c3ccccc3c3cccc1c32. The van der Waals surface area contributed by atoms with E-state index in [4.69, 9.17) is 9.52 Å². The Morgan fingerprint density at radius 3 is 2.32 bits per heavy atom. The highest BCUT2D eigenvalue weighted by Gasteiger charge is 2.43. The normalized spacial score (nSPS) is 13.8. The minimum atomic E-state index is -0.0215. The highest BCUT2D eigenvalue weighted by atomic mass is 16.3. The maximum atomic E-state index is 6.53. The van der Waals surface area contributed by atoms with Crippen LogP contribution in [0.1, 0.15) is 32.0 Å². The van der Waals surface area contributed by atoms with Crippen LogP contribution in [0.25, 0.3) is 66.0 Å². The zero-order valence-corrected chi connectivity index (χ0v) is 23.4. The zero-order valence-electron chi connectivity index (χ0n) is 23.4. The van der Waals surface area contributed by atoms with Crippen LogP contribution >= 0.6 is 0 Å². The predicted octanol–water partition coefficient (Wildman–Crippen LogP) is 6.77. The van der Waals surface area contributed by atoms with Gasteiger partial charge in [-0.3, -0.25) is 0 Å². The van der Waals surface area contributed by atoms with E-state index in [0.717, 1.165) is 16.9 Å². The van der Waals surface area contributed by atoms with E-state index < -0.39 is 0 Å². The zero-order chi connectivity index (χ0) is 27.4. The van der Waals surface area contributed by atoms with E-state index in [9.17, 15) is 0 Å². The monoisotopic (exact) mass is 527 g/mol. The van der Waals surface area contributed by atoms with Gasteiger partial charge < -0.3 is 8.98 Å². The van der Waals surface area contributed by atoms with Crippen molar-refractivity contribution in [2.24, 2.45) is 0 Å². The van der Waals surface area contributed by atoms with Crippen molar-refractivity contribution in [2.45, 2.75) is 33.1 Å². The summed E-state index contributed by atoms with van der Waals surface area (Å²) < 4.78 is 11.3. The van der Waals surface area contributed by atoms with Crippen LogP contribution < -0.4 is 16.4 Å². The summed E-state index contributed by atoms with van der Waals surface area (Å²) in [6.45, 7) is 9.11. The number of nitrogens with zero attached hydrogens (tertiary/aromatic N) is 3. The van der Waals surface area contributed by atoms with E-state index in [1.807, 2.05) is 0 Å². The first-order valence-electron chi connectivity index (χ1n) is 14.4. The molecular formula is C36H26BN3O. The second kappa shape index (κ2) is 6.92. The minimum Gasteiger partial charge on any atom is -0.456 e. The Bertz CT molecular complexity index is 2480. The molecule has 0 fully saturated rings. The summed E-state index contributed by atoms with van der Waals surface area (Å²) in [5, 5.41) is 11.4. The number of aromatic nitrogens is 3. The van der Waals surface area contributed by atoms with Crippen molar-refractivity contribution in [3.05, 3.63) is 96.2 Å². The molecule has 2 aliphatic rings. The Morgan fingerprint density at radius 1 is 0.707 bits per heavy atom. The van der Waals surface area contributed by atoms with E-state index in [2.05, 4.69) is 122 Å². The number of hydrogen-bond donors (Lipinski definition) is 0. The lowest BCUT2D eigenvalue weighted by Crippen LogP contribution is -2.59. The number of fused-ring (bicyclic) bond motifs is 11. The predicted molar refractivity (Wildman–Crippen MR) is 171 cm³/mol. The van der Waals surface area contributed by atoms with Gasteiger partial charge in [-0.1, -0.05) is 75.4 Å². The van der Waals surface area contributed by atoms with Crippen LogP contribution in [0.4, 0.5) is 0 Å². The van der Waals surface area contributed by atoms with Crippen LogP contribution in [0.3, 0.4) is 0 Å². The molecule has 194 valence electrons. The molecule has 5 aromatic carbocycles. The topological polar surface area (TPSA) is 35.9 Å². The molecule has 0 radical (unpaired) electrons. The van der Waals surface area contributed by atoms with Crippen molar-refractivity contribution < 1.29 is 4.42 Å². The Hall–Kier alpha value is -4.77. The maximum absolute atomic E-state index is 6.53. The lowest BCUT2D eigenvalue weighted by molar-refractivity contribution is 0.589. The van der Waals surface area contributed by atoms with E-state index in [0.29, 0.717) is 0 Å². The first-order chi connectivity index (χ1) is 19.9. The second-order valence-corrected chi connectivity index (χ2v) is 12.9. The van der Waals surface area contributed by atoms with Crippen LogP contribution in [0.2, 0.25) is 0 Å². The molecule has 0 aliphatic carbocycles. The van der Waals surface area contributed by atoms with Crippen molar-refractivity contribution in [1.82, 2.24) is 14.3 Å². The van der Waals surface area contributed by atoms with E-state index >= 15 is 0 Å². The lowest BCUT2D eigenvalue weighted by atomic mass is 9.33. The molecule has 5 heterocycles. The van der Waals surface area contributed by atoms with Gasteiger partial charge in [0.25, 0.3) is 6.71 Å². The molecule has 0 bridgehead atoms. The molecule has 2 aliphatic heterocycles. The average molecular weight is 527 g/mol. The molecule has 5 heteroatoms. The Kier molecular flexibility index (Phi) is 3.71. The molecule has 0 spiro atoms. The lowest BCUT2D eigenvalue weighted by Gasteiger charge is -2.35. The van der Waals surface area contributed by atoms with Crippen molar-refractivity contribution in [1.29, 1.82) is 0 Å². The number of para-hydroxylation sites is 3. The summed E-state index contributed by atoms with van der Waals surface area (Å²) in [6.07, 6.45) is 0. The molecule has 0 saturated heterocycles. The average Bonchev–Trinajstić information content (AvgIpc) is 3.62. The molecule has 0 N–H and O–H groups in total. The van der Waals surface area contributed by atoms with Crippen molar-refractivity contribution in [3.8, 4) is 11.4 Å². The quantitative estimate of drug-likeness (QED) is 0.204. The highest BCUT2D eigenvalue weighted by Crippen LogP contribution is 2.40. The summed E-state index contributed by atoms with van der Waals surface area (Å²) in [7, 11) is 0. The van der Waals surface area contributed by atoms with Gasteiger partial charge in [0.1, 0.15) is 11.2 Å². The van der Waals surface area contributed by atoms with Crippen LogP contribution in [-0.2, 0) is 5.41 Å². The van der Waals surface area contributed by atoms with Gasteiger partial charge >= 0.3 is 0 Å². The molecule has 0 unspecified atom stereocenters. The Labute approximate surface area is 236 Å². The molecule has 10 rings (SSSR count). The van der Waals surface area contributed by atoms with Crippen LogP contribution in [0.5, 0.6) is 0 Å². The highest BCUT2D eigenvalue weighted by molar-refractivity contribution is 7.01. The van der Waals surface area contributed by atoms with Gasteiger partial charge in [0.15, 0.2) is 0 Å². The number of aryl methyl sites for hydroxylation is 1. The number of rotatable bonds is 0. The largest absolute Gasteiger partial charge is 0.456 e. The smallest absolute Gasteiger partial charge is 0.253 e. The number of hydrogen-bond acceptors (Lipinski definition) is 2. The Morgan fingerprint density at radius 2 is 1.46 bits per heavy atom. The Balaban J connectivity index is 1.52. The summed E-state index contributed by atoms with van der Waals surface area (Å²) in [5.74, 6) is 0. The maximum Gasteiger partial charge on any atom is 0.253 e. The van der Waals surface area contributed by atoms with E-state index in [1.54, 1.807) is 0 Å². The molecule has 0 saturated carbocycles. The van der Waals surface area contributed by atoms with Gasteiger partial charge in [-0.15, -0.1) is 0 Å². The second-order valence-electron chi connectivity index (χ2n) is 12.9. The van der Waals surface area contributed by atoms with Gasteiger partial charge in [0.05, 0.1) is 22.4 Å². The van der Waals surface area contributed by atoms with Gasteiger partial charge in [-0.25, -0.2) is 4.68 Å². The fraction of sp³-hybridized carbons (Fsp3) is 0.139. The molecular weight excluding hydrogens is 501 g/mol. The third-order valence-electron chi connectivity index (χ3n) is 9.62. The fourth-order valence-corrected chi connectivity index (χ4v) is 7.82. The first-order valence-corrected chi connectivity index (χ1v) is 14.4. The van der Waals surface area contributed by atoms with Gasteiger partial charge in [-0.05, 0) is 64.6 Å². The standard InChI is InChI=1S/C36H26BN3O/c1-19-24-18-30-31(23-11-6-8-15-29(23)41-30)33-35(24)40(38-19)28-17-20(36(2,3)4)16-27-32(28)37(33)25-13-9-12-22-21-10-5-7-14-26(21)39(27)34(22)25/h5-18H,1-4H3.